The van der Waals surface area contributed by atoms with E-state index in [-0.39, 0.29) is 5.56 Å². The molecule has 2 aromatic heterocycles. The van der Waals surface area contributed by atoms with Gasteiger partial charge in [0.1, 0.15) is 11.4 Å². The zero-order chi connectivity index (χ0) is 16.9. The van der Waals surface area contributed by atoms with Crippen LogP contribution in [0.3, 0.4) is 0 Å². The Morgan fingerprint density at radius 3 is 2.92 bits per heavy atom. The molecule has 0 aliphatic rings. The maximum Gasteiger partial charge on any atom is 0.260 e. The van der Waals surface area contributed by atoms with Crippen molar-refractivity contribution in [3.05, 3.63) is 71.7 Å². The zero-order valence-electron chi connectivity index (χ0n) is 13.7. The second-order valence-electron chi connectivity index (χ2n) is 5.47. The van der Waals surface area contributed by atoms with Crippen LogP contribution in [0.5, 0.6) is 5.75 Å². The van der Waals surface area contributed by atoms with E-state index in [0.717, 1.165) is 16.7 Å². The second-order valence-corrected chi connectivity index (χ2v) is 5.47. The number of aromatic nitrogens is 2. The number of allylic oxidation sites excluding steroid dienone is 1. The molecule has 0 saturated heterocycles. The van der Waals surface area contributed by atoms with E-state index in [9.17, 15) is 4.79 Å². The summed E-state index contributed by atoms with van der Waals surface area (Å²) in [5.41, 5.74) is 2.16. The fraction of sp³-hybridized carbons (Fsp3) is 0.200. The van der Waals surface area contributed by atoms with Crippen LogP contribution in [0, 0.1) is 0 Å². The van der Waals surface area contributed by atoms with Crippen molar-refractivity contribution in [1.29, 1.82) is 0 Å². The molecule has 0 aliphatic heterocycles. The molecule has 0 unspecified atom stereocenters. The number of benzene rings is 1. The standard InChI is InChI=1S/C20H20N2O2/c1-3-5-12-22-19-16(9-7-11-21-19)14-18(20(22)23)15-8-6-10-17(13-15)24-4-2/h3,6-11,13-14H,1,4-5,12H2,2H3. The summed E-state index contributed by atoms with van der Waals surface area (Å²) in [5.74, 6) is 0.762. The van der Waals surface area contributed by atoms with Crippen molar-refractivity contribution < 1.29 is 4.74 Å². The number of fused-ring (bicyclic) bond motifs is 1. The van der Waals surface area contributed by atoms with Gasteiger partial charge in [-0.25, -0.2) is 4.98 Å². The molecule has 1 aromatic carbocycles. The number of hydrogen-bond acceptors (Lipinski definition) is 3. The molecule has 0 N–H and O–H groups in total. The molecule has 4 heteroatoms. The normalized spacial score (nSPS) is 10.7. The first kappa shape index (κ1) is 16.0. The molecule has 0 bridgehead atoms. The largest absolute Gasteiger partial charge is 0.494 e. The minimum Gasteiger partial charge on any atom is -0.494 e. The number of nitrogens with zero attached hydrogens (tertiary/aromatic N) is 2. The minimum absolute atomic E-state index is 0.0447. The van der Waals surface area contributed by atoms with E-state index in [2.05, 4.69) is 11.6 Å². The van der Waals surface area contributed by atoms with Crippen LogP contribution in [0.25, 0.3) is 22.2 Å². The first-order chi connectivity index (χ1) is 11.7. The molecule has 2 heterocycles. The summed E-state index contributed by atoms with van der Waals surface area (Å²) in [4.78, 5) is 17.4. The van der Waals surface area contributed by atoms with Crippen LogP contribution >= 0.6 is 0 Å². The first-order valence-corrected chi connectivity index (χ1v) is 8.07. The van der Waals surface area contributed by atoms with Crippen molar-refractivity contribution in [2.45, 2.75) is 19.9 Å². The van der Waals surface area contributed by atoms with Gasteiger partial charge >= 0.3 is 0 Å². The number of aryl methyl sites for hydroxylation is 1. The Balaban J connectivity index is 2.21. The van der Waals surface area contributed by atoms with Gasteiger partial charge in [-0.15, -0.1) is 6.58 Å². The lowest BCUT2D eigenvalue weighted by atomic mass is 10.1. The van der Waals surface area contributed by atoms with Crippen molar-refractivity contribution in [2.75, 3.05) is 6.61 Å². The first-order valence-electron chi connectivity index (χ1n) is 8.07. The SMILES string of the molecule is C=CCCn1c(=O)c(-c2cccc(OCC)c2)cc2cccnc21. The van der Waals surface area contributed by atoms with Crippen molar-refractivity contribution in [3.63, 3.8) is 0 Å². The smallest absolute Gasteiger partial charge is 0.260 e. The van der Waals surface area contributed by atoms with E-state index in [1.54, 1.807) is 10.8 Å². The maximum absolute atomic E-state index is 13.0. The van der Waals surface area contributed by atoms with Gasteiger partial charge in [0.25, 0.3) is 5.56 Å². The number of hydrogen-bond donors (Lipinski definition) is 0. The molecule has 4 nitrogen and oxygen atoms in total. The molecular formula is C20H20N2O2. The van der Waals surface area contributed by atoms with Crippen LogP contribution in [-0.2, 0) is 6.54 Å². The van der Waals surface area contributed by atoms with E-state index >= 15 is 0 Å². The Hall–Kier alpha value is -2.88. The van der Waals surface area contributed by atoms with E-state index in [4.69, 9.17) is 4.74 Å². The van der Waals surface area contributed by atoms with Crippen LogP contribution < -0.4 is 10.3 Å². The summed E-state index contributed by atoms with van der Waals surface area (Å²) < 4.78 is 7.28. The quantitative estimate of drug-likeness (QED) is 0.644. The second kappa shape index (κ2) is 7.13. The van der Waals surface area contributed by atoms with Crippen LogP contribution in [0.1, 0.15) is 13.3 Å². The summed E-state index contributed by atoms with van der Waals surface area (Å²) in [6.07, 6.45) is 4.24. The van der Waals surface area contributed by atoms with Gasteiger partial charge in [0.2, 0.25) is 0 Å². The molecule has 3 aromatic rings. The lowest BCUT2D eigenvalue weighted by Gasteiger charge is -2.12. The highest BCUT2D eigenvalue weighted by Gasteiger charge is 2.12. The molecule has 0 amide bonds. The summed E-state index contributed by atoms with van der Waals surface area (Å²) >= 11 is 0. The highest BCUT2D eigenvalue weighted by atomic mass is 16.5. The Kier molecular flexibility index (Phi) is 4.75. The summed E-state index contributed by atoms with van der Waals surface area (Å²) in [6, 6.07) is 13.4. The zero-order valence-corrected chi connectivity index (χ0v) is 13.7. The van der Waals surface area contributed by atoms with Gasteiger partial charge in [-0.3, -0.25) is 9.36 Å². The van der Waals surface area contributed by atoms with Gasteiger partial charge in [-0.05, 0) is 49.2 Å². The van der Waals surface area contributed by atoms with E-state index in [1.807, 2.05) is 55.5 Å². The molecule has 24 heavy (non-hydrogen) atoms. The van der Waals surface area contributed by atoms with E-state index in [1.165, 1.54) is 0 Å². The van der Waals surface area contributed by atoms with Crippen molar-refractivity contribution >= 4 is 11.0 Å². The highest BCUT2D eigenvalue weighted by Crippen LogP contribution is 2.24. The minimum atomic E-state index is -0.0447. The Morgan fingerprint density at radius 2 is 2.12 bits per heavy atom. The molecule has 0 spiro atoms. The molecule has 0 radical (unpaired) electrons. The van der Waals surface area contributed by atoms with Gasteiger partial charge in [-0.2, -0.15) is 0 Å². The van der Waals surface area contributed by atoms with E-state index in [0.29, 0.717) is 30.8 Å². The third kappa shape index (κ3) is 3.08. The summed E-state index contributed by atoms with van der Waals surface area (Å²) in [6.45, 7) is 6.84. The Morgan fingerprint density at radius 1 is 1.25 bits per heavy atom. The summed E-state index contributed by atoms with van der Waals surface area (Å²) in [5, 5.41) is 0.943. The van der Waals surface area contributed by atoms with Crippen LogP contribution in [0.2, 0.25) is 0 Å². The molecule has 0 saturated carbocycles. The Bertz CT molecular complexity index is 928. The number of ether oxygens (including phenoxy) is 1. The van der Waals surface area contributed by atoms with Crippen molar-refractivity contribution in [3.8, 4) is 16.9 Å². The molecule has 0 aliphatic carbocycles. The molecule has 0 fully saturated rings. The van der Waals surface area contributed by atoms with E-state index < -0.39 is 0 Å². The van der Waals surface area contributed by atoms with Gasteiger partial charge < -0.3 is 4.74 Å². The Labute approximate surface area is 141 Å². The molecule has 3 rings (SSSR count). The molecule has 0 atom stereocenters. The lowest BCUT2D eigenvalue weighted by Crippen LogP contribution is -2.22. The van der Waals surface area contributed by atoms with Crippen LogP contribution in [0.4, 0.5) is 0 Å². The van der Waals surface area contributed by atoms with Crippen molar-refractivity contribution in [1.82, 2.24) is 9.55 Å². The van der Waals surface area contributed by atoms with Crippen LogP contribution in [-0.4, -0.2) is 16.2 Å². The third-order valence-corrected chi connectivity index (χ3v) is 3.86. The fourth-order valence-electron chi connectivity index (χ4n) is 2.76. The topological polar surface area (TPSA) is 44.1 Å². The van der Waals surface area contributed by atoms with Crippen molar-refractivity contribution in [2.24, 2.45) is 0 Å². The van der Waals surface area contributed by atoms with Gasteiger partial charge in [0, 0.05) is 23.7 Å². The number of rotatable bonds is 6. The molecule has 122 valence electrons. The lowest BCUT2D eigenvalue weighted by molar-refractivity contribution is 0.340. The van der Waals surface area contributed by atoms with Gasteiger partial charge in [0.05, 0.1) is 6.61 Å². The predicted molar refractivity (Wildman–Crippen MR) is 97.4 cm³/mol. The highest BCUT2D eigenvalue weighted by molar-refractivity contribution is 5.81. The average molecular weight is 320 g/mol. The number of pyridine rings is 2. The summed E-state index contributed by atoms with van der Waals surface area (Å²) in [7, 11) is 0. The predicted octanol–water partition coefficient (Wildman–Crippen LogP) is 4.04. The average Bonchev–Trinajstić information content (AvgIpc) is 2.61. The maximum atomic E-state index is 13.0. The third-order valence-electron chi connectivity index (χ3n) is 3.86. The van der Waals surface area contributed by atoms with Gasteiger partial charge in [-0.1, -0.05) is 18.2 Å². The van der Waals surface area contributed by atoms with Gasteiger partial charge in [0.15, 0.2) is 0 Å². The molecular weight excluding hydrogens is 300 g/mol. The fourth-order valence-corrected chi connectivity index (χ4v) is 2.76. The van der Waals surface area contributed by atoms with Crippen LogP contribution in [0.15, 0.2) is 66.1 Å². The monoisotopic (exact) mass is 320 g/mol.